The van der Waals surface area contributed by atoms with Crippen LogP contribution in [0, 0.1) is 0 Å². The molecule has 0 rings (SSSR count). The van der Waals surface area contributed by atoms with Crippen molar-refractivity contribution in [1.82, 2.24) is 15.5 Å². The van der Waals surface area contributed by atoms with E-state index >= 15 is 0 Å². The van der Waals surface area contributed by atoms with E-state index in [0.717, 1.165) is 0 Å². The van der Waals surface area contributed by atoms with Gasteiger partial charge in [0.25, 0.3) is 0 Å². The van der Waals surface area contributed by atoms with Crippen LogP contribution in [-0.2, 0) is 4.79 Å². The van der Waals surface area contributed by atoms with Crippen molar-refractivity contribution in [2.45, 2.75) is 19.1 Å². The average molecular weight is 233 g/mol. The molecule has 94 valence electrons. The molecule has 0 aromatic carbocycles. The largest absolute Gasteiger partial charge is 0.480 e. The van der Waals surface area contributed by atoms with Crippen LogP contribution < -0.4 is 10.6 Å². The van der Waals surface area contributed by atoms with Gasteiger partial charge in [-0.1, -0.05) is 0 Å². The predicted molar refractivity (Wildman–Crippen MR) is 58.2 cm³/mol. The zero-order valence-electron chi connectivity index (χ0n) is 9.73. The number of hydrogen-bond donors (Lipinski definition) is 4. The molecule has 2 amide bonds. The highest BCUT2D eigenvalue weighted by Crippen LogP contribution is 1.92. The monoisotopic (exact) mass is 233 g/mol. The first-order chi connectivity index (χ1) is 7.34. The molecule has 0 bridgehead atoms. The number of aliphatic hydroxyl groups is 1. The molecule has 4 N–H and O–H groups in total. The summed E-state index contributed by atoms with van der Waals surface area (Å²) in [6, 6.07) is -1.89. The minimum atomic E-state index is -1.29. The van der Waals surface area contributed by atoms with E-state index < -0.39 is 24.1 Å². The molecule has 0 aliphatic carbocycles. The summed E-state index contributed by atoms with van der Waals surface area (Å²) in [6.07, 6.45) is -1.14. The summed E-state index contributed by atoms with van der Waals surface area (Å²) in [5.74, 6) is -1.27. The predicted octanol–water partition coefficient (Wildman–Crippen LogP) is -1.32. The molecule has 0 aliphatic heterocycles. The molecular formula is C9H19N3O4. The Morgan fingerprint density at radius 1 is 1.38 bits per heavy atom. The topological polar surface area (TPSA) is 102 Å². The second-order valence-electron chi connectivity index (χ2n) is 3.76. The van der Waals surface area contributed by atoms with Gasteiger partial charge in [0.1, 0.15) is 0 Å². The smallest absolute Gasteiger partial charge is 0.328 e. The van der Waals surface area contributed by atoms with Gasteiger partial charge in [-0.25, -0.2) is 9.59 Å². The molecule has 2 atom stereocenters. The van der Waals surface area contributed by atoms with Gasteiger partial charge in [-0.2, -0.15) is 0 Å². The quantitative estimate of drug-likeness (QED) is 0.456. The van der Waals surface area contributed by atoms with Crippen molar-refractivity contribution in [2.24, 2.45) is 0 Å². The molecule has 0 saturated heterocycles. The van der Waals surface area contributed by atoms with E-state index in [2.05, 4.69) is 10.6 Å². The van der Waals surface area contributed by atoms with E-state index in [0.29, 0.717) is 13.1 Å². The maximum Gasteiger partial charge on any atom is 0.328 e. The Hall–Kier alpha value is -1.34. The Morgan fingerprint density at radius 3 is 2.31 bits per heavy atom. The first-order valence-electron chi connectivity index (χ1n) is 4.94. The Labute approximate surface area is 94.4 Å². The van der Waals surface area contributed by atoms with Crippen molar-refractivity contribution in [3.63, 3.8) is 0 Å². The molecule has 0 aromatic rings. The number of hydrogen-bond acceptors (Lipinski definition) is 4. The van der Waals surface area contributed by atoms with Crippen molar-refractivity contribution < 1.29 is 19.8 Å². The molecule has 0 unspecified atom stereocenters. The normalized spacial score (nSPS) is 14.3. The van der Waals surface area contributed by atoms with Crippen LogP contribution in [0.2, 0.25) is 0 Å². The number of rotatable bonds is 6. The maximum atomic E-state index is 11.2. The molecule has 0 aromatic heterocycles. The fourth-order valence-corrected chi connectivity index (χ4v) is 0.974. The van der Waals surface area contributed by atoms with Crippen LogP contribution in [0.25, 0.3) is 0 Å². The molecule has 0 heterocycles. The summed E-state index contributed by atoms with van der Waals surface area (Å²) in [5, 5.41) is 22.5. The van der Waals surface area contributed by atoms with E-state index in [4.69, 9.17) is 10.2 Å². The standard InChI is InChI=1S/C9H19N3O4/c1-6(13)7(8(14)15)11-9(16)10-4-5-12(2)3/h6-7,13H,4-5H2,1-3H3,(H,14,15)(H2,10,11,16)/t6-,7+/m1/s1. The summed E-state index contributed by atoms with van der Waals surface area (Å²) in [5.41, 5.74) is 0. The second kappa shape index (κ2) is 7.02. The second-order valence-corrected chi connectivity index (χ2v) is 3.76. The zero-order valence-corrected chi connectivity index (χ0v) is 9.73. The number of likely N-dealkylation sites (N-methyl/N-ethyl adjacent to an activating group) is 1. The number of carbonyl (C=O) groups excluding carboxylic acids is 1. The number of aliphatic carboxylic acids is 1. The fraction of sp³-hybridized carbons (Fsp3) is 0.778. The number of aliphatic hydroxyl groups excluding tert-OH is 1. The van der Waals surface area contributed by atoms with Crippen LogP contribution in [0.3, 0.4) is 0 Å². The third-order valence-electron chi connectivity index (χ3n) is 1.88. The average Bonchev–Trinajstić information content (AvgIpc) is 2.12. The first kappa shape index (κ1) is 14.7. The number of nitrogens with one attached hydrogen (secondary N) is 2. The summed E-state index contributed by atoms with van der Waals surface area (Å²) in [7, 11) is 3.71. The fourth-order valence-electron chi connectivity index (χ4n) is 0.974. The van der Waals surface area contributed by atoms with Gasteiger partial charge < -0.3 is 25.7 Å². The van der Waals surface area contributed by atoms with E-state index in [-0.39, 0.29) is 0 Å². The summed E-state index contributed by atoms with van der Waals surface area (Å²) in [4.78, 5) is 23.8. The Balaban J connectivity index is 3.97. The summed E-state index contributed by atoms with van der Waals surface area (Å²) in [6.45, 7) is 2.36. The number of carboxylic acids is 1. The number of nitrogens with zero attached hydrogens (tertiary/aromatic N) is 1. The number of carbonyl (C=O) groups is 2. The zero-order chi connectivity index (χ0) is 12.7. The van der Waals surface area contributed by atoms with Crippen molar-refractivity contribution in [2.75, 3.05) is 27.2 Å². The van der Waals surface area contributed by atoms with E-state index in [1.165, 1.54) is 6.92 Å². The van der Waals surface area contributed by atoms with Crippen LogP contribution >= 0.6 is 0 Å². The molecule has 0 radical (unpaired) electrons. The molecule has 7 nitrogen and oxygen atoms in total. The lowest BCUT2D eigenvalue weighted by Gasteiger charge is -2.18. The van der Waals surface area contributed by atoms with Gasteiger partial charge in [0, 0.05) is 13.1 Å². The van der Waals surface area contributed by atoms with Crippen LogP contribution in [0.5, 0.6) is 0 Å². The highest BCUT2D eigenvalue weighted by atomic mass is 16.4. The third-order valence-corrected chi connectivity index (χ3v) is 1.88. The number of amides is 2. The lowest BCUT2D eigenvalue weighted by molar-refractivity contribution is -0.141. The minimum absolute atomic E-state index is 0.408. The summed E-state index contributed by atoms with van der Waals surface area (Å²) >= 11 is 0. The SMILES string of the molecule is C[C@@H](O)[C@H](NC(=O)NCCN(C)C)C(=O)O. The Kier molecular flexibility index (Phi) is 6.43. The van der Waals surface area contributed by atoms with Gasteiger partial charge in [-0.15, -0.1) is 0 Å². The molecular weight excluding hydrogens is 214 g/mol. The van der Waals surface area contributed by atoms with Crippen LogP contribution in [0.4, 0.5) is 4.79 Å². The lowest BCUT2D eigenvalue weighted by atomic mass is 10.2. The molecule has 0 fully saturated rings. The van der Waals surface area contributed by atoms with E-state index in [1.54, 1.807) is 0 Å². The number of urea groups is 1. The van der Waals surface area contributed by atoms with Crippen molar-refractivity contribution in [3.05, 3.63) is 0 Å². The van der Waals surface area contributed by atoms with Gasteiger partial charge in [0.15, 0.2) is 6.04 Å². The minimum Gasteiger partial charge on any atom is -0.480 e. The van der Waals surface area contributed by atoms with E-state index in [1.807, 2.05) is 19.0 Å². The van der Waals surface area contributed by atoms with Crippen LogP contribution in [-0.4, -0.2) is 66.4 Å². The van der Waals surface area contributed by atoms with Crippen molar-refractivity contribution >= 4 is 12.0 Å². The van der Waals surface area contributed by atoms with Crippen LogP contribution in [0.15, 0.2) is 0 Å². The van der Waals surface area contributed by atoms with Gasteiger partial charge in [-0.05, 0) is 21.0 Å². The molecule has 7 heteroatoms. The molecule has 0 aliphatic rings. The molecule has 16 heavy (non-hydrogen) atoms. The van der Waals surface area contributed by atoms with Gasteiger partial charge in [0.05, 0.1) is 6.10 Å². The van der Waals surface area contributed by atoms with E-state index in [9.17, 15) is 9.59 Å². The van der Waals surface area contributed by atoms with Crippen molar-refractivity contribution in [1.29, 1.82) is 0 Å². The lowest BCUT2D eigenvalue weighted by Crippen LogP contribution is -2.51. The van der Waals surface area contributed by atoms with Crippen molar-refractivity contribution in [3.8, 4) is 0 Å². The molecule has 0 spiro atoms. The third kappa shape index (κ3) is 6.20. The molecule has 0 saturated carbocycles. The Morgan fingerprint density at radius 2 is 1.94 bits per heavy atom. The van der Waals surface area contributed by atoms with Gasteiger partial charge >= 0.3 is 12.0 Å². The highest BCUT2D eigenvalue weighted by Gasteiger charge is 2.24. The number of carboxylic acid groups (broad SMARTS) is 1. The summed E-state index contributed by atoms with van der Waals surface area (Å²) < 4.78 is 0. The van der Waals surface area contributed by atoms with Crippen LogP contribution in [0.1, 0.15) is 6.92 Å². The highest BCUT2D eigenvalue weighted by molar-refractivity contribution is 5.82. The maximum absolute atomic E-state index is 11.2. The Bertz CT molecular complexity index is 243. The van der Waals surface area contributed by atoms with Gasteiger partial charge in [0.2, 0.25) is 0 Å². The van der Waals surface area contributed by atoms with Gasteiger partial charge in [-0.3, -0.25) is 0 Å². The first-order valence-corrected chi connectivity index (χ1v) is 4.94.